The summed E-state index contributed by atoms with van der Waals surface area (Å²) in [5.41, 5.74) is 8.02. The van der Waals surface area contributed by atoms with Gasteiger partial charge in [-0.05, 0) is 44.5 Å². The molecule has 0 aliphatic carbocycles. The number of hydrogen-bond acceptors (Lipinski definition) is 5. The van der Waals surface area contributed by atoms with Gasteiger partial charge in [-0.2, -0.15) is 4.98 Å². The highest BCUT2D eigenvalue weighted by Gasteiger charge is 2.07. The van der Waals surface area contributed by atoms with Gasteiger partial charge in [-0.15, -0.1) is 0 Å². The number of carbonyl (C=O) groups is 1. The van der Waals surface area contributed by atoms with E-state index in [1.807, 2.05) is 44.2 Å². The first-order chi connectivity index (χ1) is 11.1. The highest BCUT2D eigenvalue weighted by molar-refractivity contribution is 5.98. The van der Waals surface area contributed by atoms with E-state index in [1.54, 1.807) is 0 Å². The van der Waals surface area contributed by atoms with E-state index >= 15 is 0 Å². The maximum absolute atomic E-state index is 12.0. The molecule has 1 heterocycles. The van der Waals surface area contributed by atoms with Gasteiger partial charge >= 0.3 is 6.03 Å². The first-order valence-corrected chi connectivity index (χ1v) is 7.51. The number of carbonyl (C=O) groups excluding carboxylic acids is 1. The molecule has 2 rings (SSSR count). The predicted octanol–water partition coefficient (Wildman–Crippen LogP) is 2.50. The standard InChI is InChI=1S/C16H22N6O/c1-11-5-3-6-13(9-11)20-16(23)22-15-19-12(2)10-14(21-15)18-8-4-7-17/h3,5-6,9-10H,4,7-8,17H2,1-2H3,(H3,18,19,20,21,22,23). The van der Waals surface area contributed by atoms with Gasteiger partial charge in [0.15, 0.2) is 0 Å². The Kier molecular flexibility index (Phi) is 5.87. The third kappa shape index (κ3) is 5.55. The van der Waals surface area contributed by atoms with Crippen molar-refractivity contribution in [3.8, 4) is 0 Å². The summed E-state index contributed by atoms with van der Waals surface area (Å²) in [5, 5.41) is 8.55. The Labute approximate surface area is 135 Å². The van der Waals surface area contributed by atoms with Crippen LogP contribution < -0.4 is 21.7 Å². The van der Waals surface area contributed by atoms with Crippen molar-refractivity contribution in [2.45, 2.75) is 20.3 Å². The number of aryl methyl sites for hydroxylation is 2. The lowest BCUT2D eigenvalue weighted by Gasteiger charge is -2.10. The molecule has 0 aliphatic rings. The van der Waals surface area contributed by atoms with Crippen LogP contribution in [0.5, 0.6) is 0 Å². The molecular formula is C16H22N6O. The van der Waals surface area contributed by atoms with Gasteiger partial charge in [0.2, 0.25) is 5.95 Å². The number of rotatable bonds is 6. The molecule has 2 amide bonds. The summed E-state index contributed by atoms with van der Waals surface area (Å²) >= 11 is 0. The van der Waals surface area contributed by atoms with Crippen molar-refractivity contribution in [2.75, 3.05) is 29.0 Å². The summed E-state index contributed by atoms with van der Waals surface area (Å²) in [4.78, 5) is 20.5. The van der Waals surface area contributed by atoms with Crippen molar-refractivity contribution >= 4 is 23.5 Å². The monoisotopic (exact) mass is 314 g/mol. The molecule has 7 nitrogen and oxygen atoms in total. The lowest BCUT2D eigenvalue weighted by molar-refractivity contribution is 0.262. The minimum absolute atomic E-state index is 0.255. The van der Waals surface area contributed by atoms with Crippen LogP contribution in [0.3, 0.4) is 0 Å². The average molecular weight is 314 g/mol. The second-order valence-corrected chi connectivity index (χ2v) is 5.24. The van der Waals surface area contributed by atoms with Gasteiger partial charge in [0, 0.05) is 24.0 Å². The van der Waals surface area contributed by atoms with E-state index in [9.17, 15) is 4.79 Å². The van der Waals surface area contributed by atoms with Crippen LogP contribution >= 0.6 is 0 Å². The Morgan fingerprint density at radius 2 is 2.00 bits per heavy atom. The van der Waals surface area contributed by atoms with Gasteiger partial charge in [-0.25, -0.2) is 9.78 Å². The lowest BCUT2D eigenvalue weighted by Crippen LogP contribution is -2.21. The fourth-order valence-corrected chi connectivity index (χ4v) is 2.02. The molecule has 0 bridgehead atoms. The van der Waals surface area contributed by atoms with Crippen LogP contribution in [0, 0.1) is 13.8 Å². The molecule has 1 aromatic heterocycles. The Balaban J connectivity index is 1.99. The number of urea groups is 1. The van der Waals surface area contributed by atoms with E-state index in [1.165, 1.54) is 0 Å². The third-order valence-electron chi connectivity index (χ3n) is 3.04. The zero-order chi connectivity index (χ0) is 16.7. The first kappa shape index (κ1) is 16.7. The first-order valence-electron chi connectivity index (χ1n) is 7.51. The van der Waals surface area contributed by atoms with E-state index in [0.29, 0.717) is 12.4 Å². The van der Waals surface area contributed by atoms with Crippen LogP contribution in [0.25, 0.3) is 0 Å². The molecule has 5 N–H and O–H groups in total. The molecule has 2 aromatic rings. The average Bonchev–Trinajstić information content (AvgIpc) is 2.46. The Hall–Kier alpha value is -2.67. The highest BCUT2D eigenvalue weighted by atomic mass is 16.2. The zero-order valence-corrected chi connectivity index (χ0v) is 13.4. The topological polar surface area (TPSA) is 105 Å². The smallest absolute Gasteiger partial charge is 0.326 e. The number of anilines is 3. The Morgan fingerprint density at radius 3 is 2.74 bits per heavy atom. The summed E-state index contributed by atoms with van der Waals surface area (Å²) in [6.07, 6.45) is 0.847. The third-order valence-corrected chi connectivity index (χ3v) is 3.04. The molecular weight excluding hydrogens is 292 g/mol. The Morgan fingerprint density at radius 1 is 1.17 bits per heavy atom. The summed E-state index contributed by atoms with van der Waals surface area (Å²) in [6.45, 7) is 5.15. The fourth-order valence-electron chi connectivity index (χ4n) is 2.02. The molecule has 7 heteroatoms. The zero-order valence-electron chi connectivity index (χ0n) is 13.4. The SMILES string of the molecule is Cc1cccc(NC(=O)Nc2nc(C)cc(NCCCN)n2)c1. The lowest BCUT2D eigenvalue weighted by atomic mass is 10.2. The quantitative estimate of drug-likeness (QED) is 0.613. The van der Waals surface area contributed by atoms with Gasteiger partial charge in [0.05, 0.1) is 0 Å². The van der Waals surface area contributed by atoms with Crippen LogP contribution in [0.15, 0.2) is 30.3 Å². The van der Waals surface area contributed by atoms with Crippen LogP contribution in [0.4, 0.5) is 22.2 Å². The minimum atomic E-state index is -0.380. The molecule has 0 atom stereocenters. The van der Waals surface area contributed by atoms with Crippen molar-refractivity contribution in [2.24, 2.45) is 5.73 Å². The summed E-state index contributed by atoms with van der Waals surface area (Å²) < 4.78 is 0. The molecule has 0 saturated carbocycles. The normalized spacial score (nSPS) is 10.2. The largest absolute Gasteiger partial charge is 0.370 e. The summed E-state index contributed by atoms with van der Waals surface area (Å²) in [5.74, 6) is 0.919. The van der Waals surface area contributed by atoms with Crippen LogP contribution in [-0.4, -0.2) is 29.1 Å². The van der Waals surface area contributed by atoms with E-state index in [-0.39, 0.29) is 12.0 Å². The number of benzene rings is 1. The van der Waals surface area contributed by atoms with Crippen LogP contribution in [-0.2, 0) is 0 Å². The van der Waals surface area contributed by atoms with Crippen molar-refractivity contribution in [3.63, 3.8) is 0 Å². The van der Waals surface area contributed by atoms with Gasteiger partial charge in [0.1, 0.15) is 5.82 Å². The molecule has 0 saturated heterocycles. The van der Waals surface area contributed by atoms with E-state index in [2.05, 4.69) is 25.9 Å². The number of aromatic nitrogens is 2. The fraction of sp³-hybridized carbons (Fsp3) is 0.312. The molecule has 0 unspecified atom stereocenters. The van der Waals surface area contributed by atoms with Crippen molar-refractivity contribution in [3.05, 3.63) is 41.6 Å². The molecule has 0 fully saturated rings. The Bertz CT molecular complexity index is 673. The maximum Gasteiger partial charge on any atom is 0.326 e. The van der Waals surface area contributed by atoms with Crippen LogP contribution in [0.2, 0.25) is 0 Å². The molecule has 0 radical (unpaired) electrons. The predicted molar refractivity (Wildman–Crippen MR) is 92.8 cm³/mol. The summed E-state index contributed by atoms with van der Waals surface area (Å²) in [7, 11) is 0. The van der Waals surface area contributed by atoms with Gasteiger partial charge < -0.3 is 16.4 Å². The number of nitrogens with zero attached hydrogens (tertiary/aromatic N) is 2. The van der Waals surface area contributed by atoms with Crippen molar-refractivity contribution in [1.82, 2.24) is 9.97 Å². The van der Waals surface area contributed by atoms with E-state index in [4.69, 9.17) is 5.73 Å². The van der Waals surface area contributed by atoms with Gasteiger partial charge in [-0.1, -0.05) is 12.1 Å². The molecule has 122 valence electrons. The van der Waals surface area contributed by atoms with Gasteiger partial charge in [-0.3, -0.25) is 5.32 Å². The van der Waals surface area contributed by atoms with Gasteiger partial charge in [0.25, 0.3) is 0 Å². The minimum Gasteiger partial charge on any atom is -0.370 e. The summed E-state index contributed by atoms with van der Waals surface area (Å²) in [6, 6.07) is 8.99. The van der Waals surface area contributed by atoms with E-state index < -0.39 is 0 Å². The number of nitrogens with two attached hydrogens (primary N) is 1. The second-order valence-electron chi connectivity index (χ2n) is 5.24. The van der Waals surface area contributed by atoms with Crippen molar-refractivity contribution < 1.29 is 4.79 Å². The molecule has 0 spiro atoms. The molecule has 1 aromatic carbocycles. The molecule has 23 heavy (non-hydrogen) atoms. The second kappa shape index (κ2) is 8.09. The highest BCUT2D eigenvalue weighted by Crippen LogP contribution is 2.12. The van der Waals surface area contributed by atoms with Crippen molar-refractivity contribution in [1.29, 1.82) is 0 Å². The maximum atomic E-state index is 12.0. The van der Waals surface area contributed by atoms with Crippen LogP contribution in [0.1, 0.15) is 17.7 Å². The van der Waals surface area contributed by atoms with E-state index in [0.717, 1.165) is 29.9 Å². The molecule has 0 aliphatic heterocycles. The number of hydrogen-bond donors (Lipinski definition) is 4. The number of amides is 2. The number of nitrogens with one attached hydrogen (secondary N) is 3.